The van der Waals surface area contributed by atoms with E-state index in [0.717, 1.165) is 12.8 Å². The highest BCUT2D eigenvalue weighted by atomic mass is 32.2. The van der Waals surface area contributed by atoms with Crippen LogP contribution < -0.4 is 10.5 Å². The van der Waals surface area contributed by atoms with Gasteiger partial charge in [0, 0.05) is 19.3 Å². The first-order valence-corrected chi connectivity index (χ1v) is 8.38. The Morgan fingerprint density at radius 1 is 1.29 bits per heavy atom. The molecule has 2 aromatic rings. The van der Waals surface area contributed by atoms with Crippen molar-refractivity contribution in [3.63, 3.8) is 0 Å². The van der Waals surface area contributed by atoms with E-state index in [1.54, 1.807) is 0 Å². The average Bonchev–Trinajstić information content (AvgIpc) is 2.87. The minimum absolute atomic E-state index is 0.0346. The Labute approximate surface area is 125 Å². The maximum atomic E-state index is 12.1. The summed E-state index contributed by atoms with van der Waals surface area (Å²) in [6.07, 6.45) is 3.01. The molecule has 1 heterocycles. The molecule has 6 nitrogen and oxygen atoms in total. The highest BCUT2D eigenvalue weighted by Gasteiger charge is 2.20. The lowest BCUT2D eigenvalue weighted by Crippen LogP contribution is -2.25. The highest BCUT2D eigenvalue weighted by molar-refractivity contribution is 7.89. The maximum Gasteiger partial charge on any atom is 0.245 e. The summed E-state index contributed by atoms with van der Waals surface area (Å²) in [5.41, 5.74) is 6.84. The molecular formula is C14H20N4O2S. The summed E-state index contributed by atoms with van der Waals surface area (Å²) in [6.45, 7) is 2.82. The number of anilines is 1. The second-order valence-corrected chi connectivity index (χ2v) is 6.46. The molecule has 0 fully saturated rings. The largest absolute Gasteiger partial charge is 0.381 e. The number of aryl methyl sites for hydroxylation is 2. The van der Waals surface area contributed by atoms with Gasteiger partial charge < -0.3 is 5.73 Å². The fourth-order valence-electron chi connectivity index (χ4n) is 2.01. The lowest BCUT2D eigenvalue weighted by Gasteiger charge is -2.05. The molecule has 0 atom stereocenters. The number of nitrogen functional groups attached to an aromatic ring is 1. The van der Waals surface area contributed by atoms with Crippen LogP contribution in [0.2, 0.25) is 0 Å². The highest BCUT2D eigenvalue weighted by Crippen LogP contribution is 2.15. The van der Waals surface area contributed by atoms with Crippen LogP contribution in [0.4, 0.5) is 5.82 Å². The standard InChI is InChI=1S/C14H20N4O2S/c1-2-18-11-13(14(15)17-18)21(19,20)16-10-6-9-12-7-4-3-5-8-12/h3-5,7-8,11,16H,2,6,9-10H2,1H3,(H2,15,17). The molecule has 7 heteroatoms. The molecule has 0 bridgehead atoms. The van der Waals surface area contributed by atoms with Crippen molar-refractivity contribution in [2.45, 2.75) is 31.2 Å². The molecule has 0 amide bonds. The first kappa shape index (κ1) is 15.5. The lowest BCUT2D eigenvalue weighted by molar-refractivity contribution is 0.578. The summed E-state index contributed by atoms with van der Waals surface area (Å²) < 4.78 is 28.4. The first-order chi connectivity index (χ1) is 10.0. The van der Waals surface area contributed by atoms with Crippen LogP contribution in [0.25, 0.3) is 0 Å². The van der Waals surface area contributed by atoms with Crippen molar-refractivity contribution < 1.29 is 8.42 Å². The molecule has 1 aromatic heterocycles. The van der Waals surface area contributed by atoms with Gasteiger partial charge in [-0.05, 0) is 25.3 Å². The predicted octanol–water partition coefficient (Wildman–Crippen LogP) is 1.40. The Balaban J connectivity index is 1.91. The molecule has 0 unspecified atom stereocenters. The Morgan fingerprint density at radius 2 is 2.00 bits per heavy atom. The number of hydrogen-bond acceptors (Lipinski definition) is 4. The van der Waals surface area contributed by atoms with Gasteiger partial charge in [0.1, 0.15) is 4.90 Å². The summed E-state index contributed by atoms with van der Waals surface area (Å²) >= 11 is 0. The number of nitrogens with zero attached hydrogens (tertiary/aromatic N) is 2. The van der Waals surface area contributed by atoms with Gasteiger partial charge in [-0.3, -0.25) is 4.68 Å². The van der Waals surface area contributed by atoms with E-state index in [9.17, 15) is 8.42 Å². The van der Waals surface area contributed by atoms with Crippen LogP contribution in [0.5, 0.6) is 0 Å². The molecule has 2 rings (SSSR count). The third kappa shape index (κ3) is 4.05. The zero-order valence-electron chi connectivity index (χ0n) is 12.0. The minimum atomic E-state index is -3.59. The number of nitrogens with two attached hydrogens (primary N) is 1. The van der Waals surface area contributed by atoms with Crippen LogP contribution in [0, 0.1) is 0 Å². The van der Waals surface area contributed by atoms with Crippen molar-refractivity contribution in [1.82, 2.24) is 14.5 Å². The van der Waals surface area contributed by atoms with Crippen LogP contribution in [0.1, 0.15) is 18.9 Å². The van der Waals surface area contributed by atoms with Crippen LogP contribution >= 0.6 is 0 Å². The van der Waals surface area contributed by atoms with Crippen LogP contribution in [-0.4, -0.2) is 24.7 Å². The van der Waals surface area contributed by atoms with E-state index in [0.29, 0.717) is 13.1 Å². The summed E-state index contributed by atoms with van der Waals surface area (Å²) in [5, 5.41) is 3.95. The molecule has 0 spiro atoms. The molecule has 0 aliphatic rings. The third-order valence-corrected chi connectivity index (χ3v) is 4.62. The molecule has 0 aliphatic heterocycles. The van der Waals surface area contributed by atoms with Crippen molar-refractivity contribution in [2.24, 2.45) is 0 Å². The molecule has 3 N–H and O–H groups in total. The number of hydrogen-bond donors (Lipinski definition) is 2. The van der Waals surface area contributed by atoms with Crippen molar-refractivity contribution in [1.29, 1.82) is 0 Å². The molecule has 0 aliphatic carbocycles. The second kappa shape index (κ2) is 6.73. The smallest absolute Gasteiger partial charge is 0.245 e. The van der Waals surface area contributed by atoms with Crippen molar-refractivity contribution in [2.75, 3.05) is 12.3 Å². The topological polar surface area (TPSA) is 90.0 Å². The van der Waals surface area contributed by atoms with E-state index in [2.05, 4.69) is 9.82 Å². The van der Waals surface area contributed by atoms with Gasteiger partial charge >= 0.3 is 0 Å². The van der Waals surface area contributed by atoms with E-state index in [1.165, 1.54) is 16.4 Å². The molecule has 0 saturated carbocycles. The number of benzene rings is 1. The lowest BCUT2D eigenvalue weighted by atomic mass is 10.1. The number of sulfonamides is 1. The Bertz CT molecular complexity index is 680. The Kier molecular flexibility index (Phi) is 4.98. The van der Waals surface area contributed by atoms with Crippen molar-refractivity contribution >= 4 is 15.8 Å². The summed E-state index contributed by atoms with van der Waals surface area (Å²) in [7, 11) is -3.59. The fourth-order valence-corrected chi connectivity index (χ4v) is 3.15. The van der Waals surface area contributed by atoms with E-state index >= 15 is 0 Å². The summed E-state index contributed by atoms with van der Waals surface area (Å²) in [6, 6.07) is 9.95. The quantitative estimate of drug-likeness (QED) is 0.756. The van der Waals surface area contributed by atoms with Crippen molar-refractivity contribution in [3.05, 3.63) is 42.1 Å². The van der Waals surface area contributed by atoms with Gasteiger partial charge in [-0.25, -0.2) is 13.1 Å². The summed E-state index contributed by atoms with van der Waals surface area (Å²) in [5.74, 6) is 0.0346. The molecule has 21 heavy (non-hydrogen) atoms. The predicted molar refractivity (Wildman–Crippen MR) is 82.3 cm³/mol. The average molecular weight is 308 g/mol. The van der Waals surface area contributed by atoms with Gasteiger partial charge in [-0.1, -0.05) is 30.3 Å². The maximum absolute atomic E-state index is 12.1. The number of aromatic nitrogens is 2. The number of rotatable bonds is 7. The van der Waals surface area contributed by atoms with E-state index in [1.807, 2.05) is 37.3 Å². The van der Waals surface area contributed by atoms with Gasteiger partial charge in [-0.2, -0.15) is 5.10 Å². The van der Waals surface area contributed by atoms with Crippen LogP contribution in [-0.2, 0) is 23.0 Å². The second-order valence-electron chi connectivity index (χ2n) is 4.72. The van der Waals surface area contributed by atoms with Crippen molar-refractivity contribution in [3.8, 4) is 0 Å². The normalized spacial score (nSPS) is 11.7. The molecule has 0 saturated heterocycles. The minimum Gasteiger partial charge on any atom is -0.381 e. The molecule has 0 radical (unpaired) electrons. The zero-order chi connectivity index (χ0) is 15.3. The van der Waals surface area contributed by atoms with Gasteiger partial charge in [-0.15, -0.1) is 0 Å². The SMILES string of the molecule is CCn1cc(S(=O)(=O)NCCCc2ccccc2)c(N)n1. The van der Waals surface area contributed by atoms with E-state index < -0.39 is 10.0 Å². The molecule has 114 valence electrons. The molecule has 1 aromatic carbocycles. The van der Waals surface area contributed by atoms with Crippen LogP contribution in [0.3, 0.4) is 0 Å². The number of nitrogens with one attached hydrogen (secondary N) is 1. The fraction of sp³-hybridized carbons (Fsp3) is 0.357. The zero-order valence-corrected chi connectivity index (χ0v) is 12.8. The van der Waals surface area contributed by atoms with E-state index in [4.69, 9.17) is 5.73 Å². The van der Waals surface area contributed by atoms with Gasteiger partial charge in [0.2, 0.25) is 10.0 Å². The van der Waals surface area contributed by atoms with Crippen LogP contribution in [0.15, 0.2) is 41.4 Å². The first-order valence-electron chi connectivity index (χ1n) is 6.89. The Morgan fingerprint density at radius 3 is 2.62 bits per heavy atom. The van der Waals surface area contributed by atoms with Gasteiger partial charge in [0.25, 0.3) is 0 Å². The third-order valence-electron chi connectivity index (χ3n) is 3.15. The van der Waals surface area contributed by atoms with E-state index in [-0.39, 0.29) is 10.7 Å². The molecular weight excluding hydrogens is 288 g/mol. The van der Waals surface area contributed by atoms with Gasteiger partial charge in [0.15, 0.2) is 5.82 Å². The monoisotopic (exact) mass is 308 g/mol. The Hall–Kier alpha value is -1.86. The van der Waals surface area contributed by atoms with Gasteiger partial charge in [0.05, 0.1) is 0 Å². The summed E-state index contributed by atoms with van der Waals surface area (Å²) in [4.78, 5) is 0.0454.